The number of fused-ring (bicyclic) bond motifs is 1. The highest BCUT2D eigenvalue weighted by Gasteiger charge is 2.07. The zero-order valence-electron chi connectivity index (χ0n) is 12.2. The van der Waals surface area contributed by atoms with E-state index in [0.717, 1.165) is 8.66 Å². The number of halogens is 1. The number of carbonyl (C=O) groups excluding carboxylic acids is 1. The Balaban J connectivity index is 1.60. The van der Waals surface area contributed by atoms with Crippen molar-refractivity contribution in [2.24, 2.45) is 0 Å². The smallest absolute Gasteiger partial charge is 0.261 e. The number of aromatic nitrogens is 2. The quantitative estimate of drug-likeness (QED) is 0.726. The highest BCUT2D eigenvalue weighted by Crippen LogP contribution is 2.21. The average molecular weight is 392 g/mol. The van der Waals surface area contributed by atoms with Gasteiger partial charge in [0.15, 0.2) is 0 Å². The average Bonchev–Trinajstić information content (AvgIpc) is 2.98. The molecule has 0 saturated carbocycles. The third kappa shape index (κ3) is 3.86. The van der Waals surface area contributed by atoms with Crippen molar-refractivity contribution in [1.29, 1.82) is 0 Å². The van der Waals surface area contributed by atoms with Crippen LogP contribution >= 0.6 is 27.3 Å². The Bertz CT molecular complexity index is 903. The first-order valence-electron chi connectivity index (χ1n) is 7.08. The highest BCUT2D eigenvalue weighted by atomic mass is 79.9. The monoisotopic (exact) mass is 391 g/mol. The number of aryl methyl sites for hydroxylation is 1. The lowest BCUT2D eigenvalue weighted by atomic mass is 10.2. The van der Waals surface area contributed by atoms with Crippen LogP contribution in [0.1, 0.15) is 11.3 Å². The lowest BCUT2D eigenvalue weighted by Crippen LogP contribution is -2.27. The van der Waals surface area contributed by atoms with Gasteiger partial charge in [0.05, 0.1) is 27.6 Å². The molecule has 0 unspecified atom stereocenters. The summed E-state index contributed by atoms with van der Waals surface area (Å²) in [5.74, 6) is -0.0884. The number of nitrogens with zero attached hydrogens (tertiary/aromatic N) is 2. The second-order valence-electron chi connectivity index (χ2n) is 4.99. The molecule has 0 radical (unpaired) electrons. The van der Waals surface area contributed by atoms with E-state index < -0.39 is 0 Å². The van der Waals surface area contributed by atoms with E-state index >= 15 is 0 Å². The van der Waals surface area contributed by atoms with Crippen molar-refractivity contribution in [3.63, 3.8) is 0 Å². The number of carbonyl (C=O) groups is 1. The summed E-state index contributed by atoms with van der Waals surface area (Å²) in [5.41, 5.74) is 0.548. The van der Waals surface area contributed by atoms with Crippen LogP contribution in [0, 0.1) is 0 Å². The summed E-state index contributed by atoms with van der Waals surface area (Å²) in [7, 11) is 0. The van der Waals surface area contributed by atoms with E-state index in [0.29, 0.717) is 24.0 Å². The minimum absolute atomic E-state index is 0.0884. The van der Waals surface area contributed by atoms with E-state index in [1.807, 2.05) is 24.3 Å². The zero-order valence-corrected chi connectivity index (χ0v) is 14.6. The van der Waals surface area contributed by atoms with E-state index in [-0.39, 0.29) is 17.9 Å². The first kappa shape index (κ1) is 15.9. The van der Waals surface area contributed by atoms with Crippen LogP contribution in [-0.4, -0.2) is 15.5 Å². The molecule has 0 spiro atoms. The predicted molar refractivity (Wildman–Crippen MR) is 94.5 cm³/mol. The minimum atomic E-state index is -0.120. The number of rotatable bonds is 5. The van der Waals surface area contributed by atoms with Gasteiger partial charge in [0.1, 0.15) is 0 Å². The third-order valence-corrected chi connectivity index (χ3v) is 5.02. The fourth-order valence-electron chi connectivity index (χ4n) is 2.21. The number of benzene rings is 1. The van der Waals surface area contributed by atoms with Gasteiger partial charge in [-0.1, -0.05) is 12.1 Å². The summed E-state index contributed by atoms with van der Waals surface area (Å²) in [6, 6.07) is 11.1. The van der Waals surface area contributed by atoms with E-state index in [2.05, 4.69) is 26.2 Å². The Kier molecular flexibility index (Phi) is 4.88. The lowest BCUT2D eigenvalue weighted by molar-refractivity contribution is -0.121. The van der Waals surface area contributed by atoms with Gasteiger partial charge in [0, 0.05) is 17.8 Å². The van der Waals surface area contributed by atoms with E-state index in [4.69, 9.17) is 0 Å². The first-order valence-corrected chi connectivity index (χ1v) is 8.69. The number of para-hydroxylation sites is 1. The molecule has 0 aliphatic heterocycles. The first-order chi connectivity index (χ1) is 11.1. The van der Waals surface area contributed by atoms with Crippen LogP contribution in [0.5, 0.6) is 0 Å². The molecule has 3 aromatic rings. The van der Waals surface area contributed by atoms with Crippen molar-refractivity contribution in [2.45, 2.75) is 19.5 Å². The number of hydrogen-bond acceptors (Lipinski definition) is 4. The molecule has 2 heterocycles. The Labute approximate surface area is 145 Å². The molecule has 0 bridgehead atoms. The van der Waals surface area contributed by atoms with Gasteiger partial charge in [-0.3, -0.25) is 14.2 Å². The minimum Gasteiger partial charge on any atom is -0.351 e. The van der Waals surface area contributed by atoms with Gasteiger partial charge in [-0.25, -0.2) is 4.98 Å². The second-order valence-corrected chi connectivity index (χ2v) is 7.54. The maximum Gasteiger partial charge on any atom is 0.261 e. The fourth-order valence-corrected chi connectivity index (χ4v) is 3.63. The van der Waals surface area contributed by atoms with Gasteiger partial charge in [0.2, 0.25) is 5.91 Å². The molecule has 1 amide bonds. The summed E-state index contributed by atoms with van der Waals surface area (Å²) in [4.78, 5) is 29.6. The van der Waals surface area contributed by atoms with Crippen molar-refractivity contribution in [3.8, 4) is 0 Å². The maximum absolute atomic E-state index is 12.3. The maximum atomic E-state index is 12.3. The lowest BCUT2D eigenvalue weighted by Gasteiger charge is -2.07. The van der Waals surface area contributed by atoms with Crippen molar-refractivity contribution in [1.82, 2.24) is 14.9 Å². The number of amides is 1. The standard InChI is InChI=1S/C16H14BrN3O2S/c17-14-6-5-11(23-14)9-18-15(21)7-8-20-10-19-13-4-2-1-3-12(13)16(20)22/h1-6,10H,7-9H2,(H,18,21). The van der Waals surface area contributed by atoms with Crippen LogP contribution in [-0.2, 0) is 17.9 Å². The third-order valence-electron chi connectivity index (χ3n) is 3.40. The van der Waals surface area contributed by atoms with Gasteiger partial charge in [-0.2, -0.15) is 0 Å². The van der Waals surface area contributed by atoms with Crippen molar-refractivity contribution in [2.75, 3.05) is 0 Å². The number of hydrogen-bond donors (Lipinski definition) is 1. The molecule has 2 aromatic heterocycles. The summed E-state index contributed by atoms with van der Waals surface area (Å²) >= 11 is 4.97. The molecular weight excluding hydrogens is 378 g/mol. The van der Waals surface area contributed by atoms with Crippen molar-refractivity contribution >= 4 is 44.1 Å². The van der Waals surface area contributed by atoms with Gasteiger partial charge < -0.3 is 5.32 Å². The molecule has 0 atom stereocenters. The van der Waals surface area contributed by atoms with E-state index in [1.54, 1.807) is 23.5 Å². The molecule has 0 fully saturated rings. The van der Waals surface area contributed by atoms with Gasteiger partial charge in [0.25, 0.3) is 5.56 Å². The number of thiophene rings is 1. The summed E-state index contributed by atoms with van der Waals surface area (Å²) in [6.07, 6.45) is 1.74. The van der Waals surface area contributed by atoms with Crippen LogP contribution in [0.4, 0.5) is 0 Å². The predicted octanol–water partition coefficient (Wildman–Crippen LogP) is 2.93. The molecule has 3 rings (SSSR count). The largest absolute Gasteiger partial charge is 0.351 e. The molecular formula is C16H14BrN3O2S. The van der Waals surface area contributed by atoms with Gasteiger partial charge in [-0.05, 0) is 40.2 Å². The van der Waals surface area contributed by atoms with Crippen LogP contribution in [0.15, 0.2) is 51.3 Å². The Morgan fingerprint density at radius 3 is 2.87 bits per heavy atom. The number of nitrogens with one attached hydrogen (secondary N) is 1. The summed E-state index contributed by atoms with van der Waals surface area (Å²) in [6.45, 7) is 0.816. The molecule has 1 aromatic carbocycles. The zero-order chi connectivity index (χ0) is 16.2. The molecule has 0 aliphatic carbocycles. The fraction of sp³-hybridized carbons (Fsp3) is 0.188. The molecule has 5 nitrogen and oxygen atoms in total. The van der Waals surface area contributed by atoms with Crippen LogP contribution in [0.25, 0.3) is 10.9 Å². The van der Waals surface area contributed by atoms with Gasteiger partial charge in [-0.15, -0.1) is 11.3 Å². The molecule has 23 heavy (non-hydrogen) atoms. The van der Waals surface area contributed by atoms with Gasteiger partial charge >= 0.3 is 0 Å². The Morgan fingerprint density at radius 1 is 1.26 bits per heavy atom. The van der Waals surface area contributed by atoms with Crippen molar-refractivity contribution < 1.29 is 4.79 Å². The Morgan fingerprint density at radius 2 is 2.09 bits per heavy atom. The molecule has 7 heteroatoms. The topological polar surface area (TPSA) is 64.0 Å². The SMILES string of the molecule is O=C(CCn1cnc2ccccc2c1=O)NCc1ccc(Br)s1. The molecule has 118 valence electrons. The van der Waals surface area contributed by atoms with Crippen LogP contribution < -0.4 is 10.9 Å². The normalized spacial score (nSPS) is 10.8. The molecule has 1 N–H and O–H groups in total. The summed E-state index contributed by atoms with van der Waals surface area (Å²) < 4.78 is 2.51. The highest BCUT2D eigenvalue weighted by molar-refractivity contribution is 9.11. The summed E-state index contributed by atoms with van der Waals surface area (Å²) in [5, 5.41) is 3.42. The molecule has 0 saturated heterocycles. The molecule has 0 aliphatic rings. The van der Waals surface area contributed by atoms with E-state index in [9.17, 15) is 9.59 Å². The second kappa shape index (κ2) is 7.06. The van der Waals surface area contributed by atoms with Crippen LogP contribution in [0.2, 0.25) is 0 Å². The Hall–Kier alpha value is -1.99. The van der Waals surface area contributed by atoms with Crippen molar-refractivity contribution in [3.05, 3.63) is 61.7 Å². The van der Waals surface area contributed by atoms with E-state index in [1.165, 1.54) is 10.9 Å². The van der Waals surface area contributed by atoms with Crippen LogP contribution in [0.3, 0.4) is 0 Å².